The summed E-state index contributed by atoms with van der Waals surface area (Å²) in [5.74, 6) is 0. The maximum Gasteiger partial charge on any atom is 0.0467 e. The first kappa shape index (κ1) is 16.2. The van der Waals surface area contributed by atoms with E-state index >= 15 is 0 Å². The minimum absolute atomic E-state index is 0.618. The second-order valence-electron chi connectivity index (χ2n) is 8.60. The number of likely N-dealkylation sites (tertiary alicyclic amines) is 1. The molecule has 3 aliphatic rings. The van der Waals surface area contributed by atoms with Gasteiger partial charge in [-0.2, -0.15) is 0 Å². The molecule has 1 saturated heterocycles. The fraction of sp³-hybridized carbons (Fsp3) is 0.435. The van der Waals surface area contributed by atoms with Gasteiger partial charge in [0.05, 0.1) is 0 Å². The van der Waals surface area contributed by atoms with E-state index in [1.54, 1.807) is 5.57 Å². The second-order valence-corrected chi connectivity index (χ2v) is 8.60. The molecule has 2 aliphatic heterocycles. The molecular formula is C23H27N3. The molecule has 0 radical (unpaired) electrons. The van der Waals surface area contributed by atoms with Gasteiger partial charge < -0.3 is 4.90 Å². The summed E-state index contributed by atoms with van der Waals surface area (Å²) < 4.78 is 0. The van der Waals surface area contributed by atoms with Crippen molar-refractivity contribution >= 4 is 6.08 Å². The summed E-state index contributed by atoms with van der Waals surface area (Å²) in [6.07, 6.45) is 8.12. The predicted octanol–water partition coefficient (Wildman–Crippen LogP) is 3.75. The molecule has 0 atom stereocenters. The van der Waals surface area contributed by atoms with Crippen molar-refractivity contribution in [3.05, 3.63) is 70.6 Å². The van der Waals surface area contributed by atoms with Gasteiger partial charge in [0.25, 0.3) is 0 Å². The maximum atomic E-state index is 4.68. The van der Waals surface area contributed by atoms with Crippen LogP contribution in [-0.2, 0) is 19.5 Å². The quantitative estimate of drug-likeness (QED) is 0.845. The standard InChI is InChI=1S/C23H27N3/c1-25-16-23(17-25)12-19(13-23)11-20-7-9-24-22-8-10-26(15-21(20)22)14-18-5-3-2-4-6-18/h2-7,9,11H,8,10,12-17H2,1H3. The lowest BCUT2D eigenvalue weighted by Crippen LogP contribution is -2.58. The number of rotatable bonds is 3. The molecule has 1 aromatic heterocycles. The minimum Gasteiger partial charge on any atom is -0.305 e. The van der Waals surface area contributed by atoms with Gasteiger partial charge in [0.2, 0.25) is 0 Å². The largest absolute Gasteiger partial charge is 0.305 e. The maximum absolute atomic E-state index is 4.68. The summed E-state index contributed by atoms with van der Waals surface area (Å²) in [6.45, 7) is 5.71. The highest BCUT2D eigenvalue weighted by Gasteiger charge is 2.48. The predicted molar refractivity (Wildman–Crippen MR) is 106 cm³/mol. The lowest BCUT2D eigenvalue weighted by molar-refractivity contribution is -0.0103. The highest BCUT2D eigenvalue weighted by atomic mass is 15.2. The summed E-state index contributed by atoms with van der Waals surface area (Å²) in [5.41, 5.74) is 7.81. The van der Waals surface area contributed by atoms with Gasteiger partial charge in [-0.3, -0.25) is 9.88 Å². The molecule has 1 spiro atoms. The zero-order valence-electron chi connectivity index (χ0n) is 15.6. The Balaban J connectivity index is 1.32. The zero-order valence-corrected chi connectivity index (χ0v) is 15.6. The third kappa shape index (κ3) is 3.00. The Kier molecular flexibility index (Phi) is 3.95. The number of allylic oxidation sites excluding steroid dienone is 1. The Morgan fingerprint density at radius 2 is 1.92 bits per heavy atom. The molecule has 1 aliphatic carbocycles. The van der Waals surface area contributed by atoms with E-state index < -0.39 is 0 Å². The topological polar surface area (TPSA) is 19.4 Å². The molecule has 3 heterocycles. The van der Waals surface area contributed by atoms with E-state index in [4.69, 9.17) is 0 Å². The monoisotopic (exact) mass is 345 g/mol. The average molecular weight is 345 g/mol. The van der Waals surface area contributed by atoms with Gasteiger partial charge in [-0.05, 0) is 42.6 Å². The Morgan fingerprint density at radius 1 is 1.12 bits per heavy atom. The average Bonchev–Trinajstić information content (AvgIpc) is 2.60. The van der Waals surface area contributed by atoms with E-state index in [9.17, 15) is 0 Å². The molecule has 0 bridgehead atoms. The smallest absolute Gasteiger partial charge is 0.0467 e. The van der Waals surface area contributed by atoms with Gasteiger partial charge in [-0.1, -0.05) is 42.0 Å². The van der Waals surface area contributed by atoms with Gasteiger partial charge in [-0.25, -0.2) is 0 Å². The summed E-state index contributed by atoms with van der Waals surface area (Å²) in [6, 6.07) is 13.0. The Labute approximate surface area is 156 Å². The van der Waals surface area contributed by atoms with Gasteiger partial charge in [-0.15, -0.1) is 0 Å². The third-order valence-electron chi connectivity index (χ3n) is 6.25. The highest BCUT2D eigenvalue weighted by Crippen LogP contribution is 2.51. The Morgan fingerprint density at radius 3 is 2.69 bits per heavy atom. The van der Waals surface area contributed by atoms with Crippen LogP contribution in [0.25, 0.3) is 6.08 Å². The van der Waals surface area contributed by atoms with Crippen molar-refractivity contribution < 1.29 is 0 Å². The van der Waals surface area contributed by atoms with Gasteiger partial charge in [0.15, 0.2) is 0 Å². The number of pyridine rings is 1. The van der Waals surface area contributed by atoms with Crippen LogP contribution >= 0.6 is 0 Å². The number of aromatic nitrogens is 1. The van der Waals surface area contributed by atoms with Crippen LogP contribution in [0.4, 0.5) is 0 Å². The fourth-order valence-corrected chi connectivity index (χ4v) is 5.19. The van der Waals surface area contributed by atoms with Crippen molar-refractivity contribution in [2.24, 2.45) is 5.41 Å². The molecule has 0 amide bonds. The van der Waals surface area contributed by atoms with Crippen molar-refractivity contribution in [1.82, 2.24) is 14.8 Å². The normalized spacial score (nSPS) is 21.8. The molecule has 3 heteroatoms. The molecule has 26 heavy (non-hydrogen) atoms. The van der Waals surface area contributed by atoms with E-state index in [2.05, 4.69) is 64.3 Å². The minimum atomic E-state index is 0.618. The van der Waals surface area contributed by atoms with Crippen molar-refractivity contribution in [3.63, 3.8) is 0 Å². The second kappa shape index (κ2) is 6.33. The van der Waals surface area contributed by atoms with Crippen molar-refractivity contribution in [3.8, 4) is 0 Å². The van der Waals surface area contributed by atoms with Crippen LogP contribution in [-0.4, -0.2) is 41.5 Å². The van der Waals surface area contributed by atoms with E-state index in [1.165, 1.54) is 48.3 Å². The van der Waals surface area contributed by atoms with Crippen LogP contribution in [0.3, 0.4) is 0 Å². The zero-order chi connectivity index (χ0) is 17.6. The molecule has 5 rings (SSSR count). The van der Waals surface area contributed by atoms with Gasteiger partial charge in [0.1, 0.15) is 0 Å². The third-order valence-corrected chi connectivity index (χ3v) is 6.25. The SMILES string of the molecule is CN1CC2(CC(=Cc3ccnc4c3CN(Cc3ccccc3)CC4)C2)C1. The van der Waals surface area contributed by atoms with Crippen molar-refractivity contribution in [1.29, 1.82) is 0 Å². The fourth-order valence-electron chi connectivity index (χ4n) is 5.19. The number of hydrogen-bond acceptors (Lipinski definition) is 3. The van der Waals surface area contributed by atoms with E-state index in [0.29, 0.717) is 5.41 Å². The van der Waals surface area contributed by atoms with Crippen LogP contribution in [0.1, 0.15) is 35.2 Å². The first-order chi connectivity index (χ1) is 12.7. The summed E-state index contributed by atoms with van der Waals surface area (Å²) in [5, 5.41) is 0. The van der Waals surface area contributed by atoms with Crippen LogP contribution in [0.2, 0.25) is 0 Å². The van der Waals surface area contributed by atoms with Gasteiger partial charge >= 0.3 is 0 Å². The number of fused-ring (bicyclic) bond motifs is 1. The summed E-state index contributed by atoms with van der Waals surface area (Å²) in [7, 11) is 2.23. The Hall–Kier alpha value is -1.97. The molecule has 3 nitrogen and oxygen atoms in total. The summed E-state index contributed by atoms with van der Waals surface area (Å²) in [4.78, 5) is 9.67. The molecule has 1 saturated carbocycles. The lowest BCUT2D eigenvalue weighted by atomic mass is 9.60. The first-order valence-corrected chi connectivity index (χ1v) is 9.80. The number of benzene rings is 1. The van der Waals surface area contributed by atoms with E-state index in [-0.39, 0.29) is 0 Å². The van der Waals surface area contributed by atoms with Gasteiger partial charge in [0, 0.05) is 56.5 Å². The number of hydrogen-bond donors (Lipinski definition) is 0. The summed E-state index contributed by atoms with van der Waals surface area (Å²) >= 11 is 0. The van der Waals surface area contributed by atoms with Crippen molar-refractivity contribution in [2.45, 2.75) is 32.4 Å². The molecule has 2 aromatic rings. The van der Waals surface area contributed by atoms with E-state index in [0.717, 1.165) is 26.1 Å². The molecule has 1 aromatic carbocycles. The van der Waals surface area contributed by atoms with Crippen LogP contribution in [0, 0.1) is 5.41 Å². The first-order valence-electron chi connectivity index (χ1n) is 9.80. The highest BCUT2D eigenvalue weighted by molar-refractivity contribution is 5.60. The molecule has 0 N–H and O–H groups in total. The molecule has 0 unspecified atom stereocenters. The van der Waals surface area contributed by atoms with Crippen LogP contribution in [0.5, 0.6) is 0 Å². The van der Waals surface area contributed by atoms with E-state index in [1.807, 2.05) is 6.20 Å². The van der Waals surface area contributed by atoms with Crippen LogP contribution < -0.4 is 0 Å². The number of nitrogens with zero attached hydrogens (tertiary/aromatic N) is 3. The molecule has 134 valence electrons. The van der Waals surface area contributed by atoms with Crippen LogP contribution in [0.15, 0.2) is 48.2 Å². The van der Waals surface area contributed by atoms with Crippen molar-refractivity contribution in [2.75, 3.05) is 26.7 Å². The lowest BCUT2D eigenvalue weighted by Gasteiger charge is -2.56. The molecular weight excluding hydrogens is 318 g/mol. The Bertz CT molecular complexity index is 824. The molecule has 2 fully saturated rings.